The van der Waals surface area contributed by atoms with Crippen molar-refractivity contribution >= 4 is 15.9 Å². The Morgan fingerprint density at radius 2 is 2.27 bits per heavy atom. The third-order valence-electron chi connectivity index (χ3n) is 3.23. The molecule has 1 fully saturated rings. The number of halogens is 1. The average Bonchev–Trinajstić information content (AvgIpc) is 2.56. The summed E-state index contributed by atoms with van der Waals surface area (Å²) in [4.78, 5) is 2.17. The zero-order chi connectivity index (χ0) is 11.2. The lowest BCUT2D eigenvalue weighted by atomic mass is 9.97. The van der Waals surface area contributed by atoms with E-state index >= 15 is 0 Å². The summed E-state index contributed by atoms with van der Waals surface area (Å²) in [6.07, 6.45) is 2.48. The van der Waals surface area contributed by atoms with Gasteiger partial charge in [-0.2, -0.15) is 5.10 Å². The van der Waals surface area contributed by atoms with Gasteiger partial charge in [0.1, 0.15) is 5.60 Å². The Morgan fingerprint density at radius 3 is 2.67 bits per heavy atom. The van der Waals surface area contributed by atoms with E-state index in [2.05, 4.69) is 32.9 Å². The number of β-amino-alcohol motifs (C(OH)–C–C–N with tert-alkyl or cyclic N) is 1. The molecule has 2 rings (SSSR count). The van der Waals surface area contributed by atoms with Gasteiger partial charge in [0.15, 0.2) is 0 Å². The number of aromatic nitrogens is 2. The number of nitrogens with zero attached hydrogens (tertiary/aromatic N) is 3. The van der Waals surface area contributed by atoms with E-state index < -0.39 is 5.60 Å². The Morgan fingerprint density at radius 1 is 1.60 bits per heavy atom. The largest absolute Gasteiger partial charge is 0.382 e. The summed E-state index contributed by atoms with van der Waals surface area (Å²) in [5.74, 6) is 0. The highest BCUT2D eigenvalue weighted by atomic mass is 79.9. The Labute approximate surface area is 98.0 Å². The summed E-state index contributed by atoms with van der Waals surface area (Å²) < 4.78 is 2.63. The van der Waals surface area contributed by atoms with Crippen LogP contribution < -0.4 is 0 Å². The smallest absolute Gasteiger partial charge is 0.121 e. The third-order valence-corrected chi connectivity index (χ3v) is 3.81. The molecule has 2 atom stereocenters. The maximum Gasteiger partial charge on any atom is 0.121 e. The van der Waals surface area contributed by atoms with Crippen LogP contribution in [0.15, 0.2) is 10.7 Å². The monoisotopic (exact) mass is 273 g/mol. The van der Waals surface area contributed by atoms with E-state index in [4.69, 9.17) is 0 Å². The van der Waals surface area contributed by atoms with Crippen LogP contribution in [0.4, 0.5) is 0 Å². The molecule has 2 heterocycles. The van der Waals surface area contributed by atoms with Gasteiger partial charge >= 0.3 is 0 Å². The minimum absolute atomic E-state index is 0.400. The number of hydrogen-bond acceptors (Lipinski definition) is 3. The maximum absolute atomic E-state index is 10.6. The molecule has 0 aromatic carbocycles. The van der Waals surface area contributed by atoms with Crippen molar-refractivity contribution in [3.8, 4) is 0 Å². The van der Waals surface area contributed by atoms with Gasteiger partial charge in [-0.1, -0.05) is 0 Å². The first-order valence-corrected chi connectivity index (χ1v) is 5.84. The molecular formula is C10H16BrN3O. The van der Waals surface area contributed by atoms with Crippen LogP contribution >= 0.6 is 15.9 Å². The van der Waals surface area contributed by atoms with Crippen molar-refractivity contribution in [1.29, 1.82) is 0 Å². The Bertz CT molecular complexity index is 347. The normalized spacial score (nSPS) is 32.5. The van der Waals surface area contributed by atoms with Crippen molar-refractivity contribution in [3.05, 3.63) is 16.4 Å². The summed E-state index contributed by atoms with van der Waals surface area (Å²) in [7, 11) is 3.90. The number of aryl methyl sites for hydroxylation is 1. The van der Waals surface area contributed by atoms with Crippen LogP contribution in [0.3, 0.4) is 0 Å². The molecule has 0 radical (unpaired) electrons. The van der Waals surface area contributed by atoms with Gasteiger partial charge in [-0.25, -0.2) is 0 Å². The molecule has 5 heteroatoms. The number of likely N-dealkylation sites (tertiary alicyclic amines) is 1. The van der Waals surface area contributed by atoms with Gasteiger partial charge < -0.3 is 10.0 Å². The minimum atomic E-state index is -0.780. The highest BCUT2D eigenvalue weighted by Gasteiger charge is 2.43. The summed E-state index contributed by atoms with van der Waals surface area (Å²) in [6.45, 7) is 2.79. The molecule has 1 aromatic rings. The van der Waals surface area contributed by atoms with E-state index in [1.54, 1.807) is 10.9 Å². The van der Waals surface area contributed by atoms with Crippen molar-refractivity contribution in [1.82, 2.24) is 14.7 Å². The lowest BCUT2D eigenvalue weighted by molar-refractivity contribution is 0.0395. The van der Waals surface area contributed by atoms with Gasteiger partial charge in [0.25, 0.3) is 0 Å². The van der Waals surface area contributed by atoms with E-state index in [0.717, 1.165) is 16.6 Å². The fourth-order valence-corrected chi connectivity index (χ4v) is 3.10. The second-order valence-corrected chi connectivity index (χ2v) is 5.32. The first-order valence-electron chi connectivity index (χ1n) is 5.04. The van der Waals surface area contributed by atoms with Crippen molar-refractivity contribution in [2.45, 2.75) is 25.0 Å². The average molecular weight is 274 g/mol. The van der Waals surface area contributed by atoms with Crippen molar-refractivity contribution in [2.75, 3.05) is 13.6 Å². The molecule has 2 unspecified atom stereocenters. The lowest BCUT2D eigenvalue weighted by Gasteiger charge is -2.23. The molecule has 1 saturated heterocycles. The third kappa shape index (κ3) is 1.73. The van der Waals surface area contributed by atoms with Crippen molar-refractivity contribution in [3.63, 3.8) is 0 Å². The highest BCUT2D eigenvalue weighted by molar-refractivity contribution is 9.10. The fourth-order valence-electron chi connectivity index (χ4n) is 2.38. The van der Waals surface area contributed by atoms with Crippen LogP contribution in [0.5, 0.6) is 0 Å². The summed E-state index contributed by atoms with van der Waals surface area (Å²) in [6, 6.07) is 0.400. The lowest BCUT2D eigenvalue weighted by Crippen LogP contribution is -2.32. The zero-order valence-corrected chi connectivity index (χ0v) is 10.8. The van der Waals surface area contributed by atoms with Gasteiger partial charge in [0, 0.05) is 19.6 Å². The van der Waals surface area contributed by atoms with E-state index in [1.807, 2.05) is 14.1 Å². The quantitative estimate of drug-likeness (QED) is 0.833. The van der Waals surface area contributed by atoms with Gasteiger partial charge in [0.2, 0.25) is 0 Å². The van der Waals surface area contributed by atoms with E-state index in [-0.39, 0.29) is 0 Å². The predicted octanol–water partition coefficient (Wildman–Crippen LogP) is 1.09. The van der Waals surface area contributed by atoms with Crippen LogP contribution in [-0.4, -0.2) is 39.4 Å². The Balaban J connectivity index is 2.39. The standard InChI is InChI=1S/C10H16BrN3O/c1-7-4-10(15,6-13(7)2)9-8(11)5-12-14(9)3/h5,7,15H,4,6H2,1-3H3. The number of hydrogen-bond donors (Lipinski definition) is 1. The van der Waals surface area contributed by atoms with Crippen LogP contribution in [0.1, 0.15) is 19.0 Å². The second kappa shape index (κ2) is 3.57. The molecule has 15 heavy (non-hydrogen) atoms. The molecule has 4 nitrogen and oxygen atoms in total. The first-order chi connectivity index (χ1) is 6.94. The number of likely N-dealkylation sites (N-methyl/N-ethyl adjacent to an activating group) is 1. The van der Waals surface area contributed by atoms with Gasteiger partial charge in [0.05, 0.1) is 16.4 Å². The van der Waals surface area contributed by atoms with E-state index in [0.29, 0.717) is 12.6 Å². The second-order valence-electron chi connectivity index (χ2n) is 4.46. The van der Waals surface area contributed by atoms with E-state index in [1.165, 1.54) is 0 Å². The topological polar surface area (TPSA) is 41.3 Å². The SMILES string of the molecule is CC1CC(O)(c2c(Br)cnn2C)CN1C. The van der Waals surface area contributed by atoms with Crippen LogP contribution in [0.25, 0.3) is 0 Å². The van der Waals surface area contributed by atoms with Crippen LogP contribution in [0.2, 0.25) is 0 Å². The molecule has 0 bridgehead atoms. The molecule has 0 spiro atoms. The fraction of sp³-hybridized carbons (Fsp3) is 0.700. The molecule has 0 amide bonds. The van der Waals surface area contributed by atoms with Gasteiger partial charge in [-0.05, 0) is 36.3 Å². The molecule has 1 aliphatic heterocycles. The first kappa shape index (κ1) is 11.1. The molecule has 1 aliphatic rings. The molecule has 0 saturated carbocycles. The van der Waals surface area contributed by atoms with Gasteiger partial charge in [-0.15, -0.1) is 0 Å². The molecular weight excluding hydrogens is 258 g/mol. The summed E-state index contributed by atoms with van der Waals surface area (Å²) >= 11 is 3.44. The van der Waals surface area contributed by atoms with Gasteiger partial charge in [-0.3, -0.25) is 4.68 Å². The van der Waals surface area contributed by atoms with Crippen LogP contribution in [0, 0.1) is 0 Å². The highest BCUT2D eigenvalue weighted by Crippen LogP contribution is 2.37. The molecule has 1 N–H and O–H groups in total. The van der Waals surface area contributed by atoms with Crippen molar-refractivity contribution in [2.24, 2.45) is 7.05 Å². The summed E-state index contributed by atoms with van der Waals surface area (Å²) in [5.41, 5.74) is 0.0943. The minimum Gasteiger partial charge on any atom is -0.382 e. The summed E-state index contributed by atoms with van der Waals surface area (Å²) in [5, 5.41) is 14.8. The molecule has 0 aliphatic carbocycles. The van der Waals surface area contributed by atoms with E-state index in [9.17, 15) is 5.11 Å². The number of aliphatic hydroxyl groups is 1. The zero-order valence-electron chi connectivity index (χ0n) is 9.24. The molecule has 84 valence electrons. The van der Waals surface area contributed by atoms with Crippen molar-refractivity contribution < 1.29 is 5.11 Å². The number of rotatable bonds is 1. The Kier molecular flexibility index (Phi) is 2.65. The predicted molar refractivity (Wildman–Crippen MR) is 61.5 cm³/mol. The maximum atomic E-state index is 10.6. The Hall–Kier alpha value is -0.390. The van der Waals surface area contributed by atoms with Crippen LogP contribution in [-0.2, 0) is 12.6 Å². The molecule has 1 aromatic heterocycles.